The summed E-state index contributed by atoms with van der Waals surface area (Å²) in [5.41, 5.74) is 4.78. The van der Waals surface area contributed by atoms with Crippen LogP contribution in [0.5, 0.6) is 5.75 Å². The van der Waals surface area contributed by atoms with Gasteiger partial charge in [-0.3, -0.25) is 4.79 Å². The molecule has 156 valence electrons. The Morgan fingerprint density at radius 3 is 2.38 bits per heavy atom. The van der Waals surface area contributed by atoms with E-state index >= 15 is 0 Å². The fourth-order valence-corrected chi connectivity index (χ4v) is 5.01. The van der Waals surface area contributed by atoms with Crippen LogP contribution in [0, 0.1) is 20.8 Å². The molecule has 0 bridgehead atoms. The van der Waals surface area contributed by atoms with Crippen molar-refractivity contribution in [2.24, 2.45) is 0 Å². The molecule has 0 spiro atoms. The fraction of sp³-hybridized carbons (Fsp3) is 0.409. The zero-order valence-corrected chi connectivity index (χ0v) is 18.4. The summed E-state index contributed by atoms with van der Waals surface area (Å²) >= 11 is 0. The minimum Gasteiger partial charge on any atom is -0.495 e. The summed E-state index contributed by atoms with van der Waals surface area (Å²) in [6.07, 6.45) is 1.21. The predicted molar refractivity (Wildman–Crippen MR) is 114 cm³/mol. The maximum Gasteiger partial charge on any atom is 0.241 e. The van der Waals surface area contributed by atoms with Crippen LogP contribution in [-0.2, 0) is 14.8 Å². The topological polar surface area (TPSA) is 75.7 Å². The number of amides is 1. The van der Waals surface area contributed by atoms with Crippen LogP contribution in [0.15, 0.2) is 35.2 Å². The van der Waals surface area contributed by atoms with E-state index in [4.69, 9.17) is 4.74 Å². The highest BCUT2D eigenvalue weighted by molar-refractivity contribution is 7.89. The summed E-state index contributed by atoms with van der Waals surface area (Å²) < 4.78 is 34.3. The third-order valence-electron chi connectivity index (χ3n) is 5.51. The Morgan fingerprint density at radius 1 is 1.07 bits per heavy atom. The lowest BCUT2D eigenvalue weighted by Crippen LogP contribution is -2.28. The van der Waals surface area contributed by atoms with Crippen LogP contribution >= 0.6 is 0 Å². The molecular weight excluding hydrogens is 388 g/mol. The molecule has 1 saturated heterocycles. The van der Waals surface area contributed by atoms with Crippen LogP contribution in [0.25, 0.3) is 0 Å². The Balaban J connectivity index is 1.93. The monoisotopic (exact) mass is 416 g/mol. The maximum atomic E-state index is 13.1. The van der Waals surface area contributed by atoms with Crippen LogP contribution < -0.4 is 14.4 Å². The number of carbonyl (C=O) groups excluding carboxylic acids is 1. The molecule has 1 fully saturated rings. The second kappa shape index (κ2) is 8.16. The number of hydrogen-bond acceptors (Lipinski definition) is 4. The molecule has 1 aliphatic rings. The van der Waals surface area contributed by atoms with Gasteiger partial charge in [0.05, 0.1) is 17.7 Å². The normalized spacial score (nSPS) is 15.6. The molecule has 6 nitrogen and oxygen atoms in total. The molecule has 7 heteroatoms. The first-order valence-electron chi connectivity index (χ1n) is 9.72. The van der Waals surface area contributed by atoms with Gasteiger partial charge in [0.1, 0.15) is 5.75 Å². The molecule has 0 aromatic heterocycles. The van der Waals surface area contributed by atoms with Gasteiger partial charge in [0, 0.05) is 19.0 Å². The summed E-state index contributed by atoms with van der Waals surface area (Å²) in [5, 5.41) is 0. The molecule has 0 aliphatic carbocycles. The third-order valence-corrected chi connectivity index (χ3v) is 7.04. The van der Waals surface area contributed by atoms with Gasteiger partial charge in [-0.25, -0.2) is 13.1 Å². The zero-order valence-electron chi connectivity index (χ0n) is 17.6. The summed E-state index contributed by atoms with van der Waals surface area (Å²) in [4.78, 5) is 13.9. The number of rotatable bonds is 6. The van der Waals surface area contributed by atoms with Gasteiger partial charge < -0.3 is 9.64 Å². The first-order valence-corrected chi connectivity index (χ1v) is 11.2. The maximum absolute atomic E-state index is 13.1. The molecule has 1 heterocycles. The number of ether oxygens (including phenoxy) is 1. The average molecular weight is 417 g/mol. The van der Waals surface area contributed by atoms with E-state index in [-0.39, 0.29) is 10.8 Å². The molecule has 1 amide bonds. The quantitative estimate of drug-likeness (QED) is 0.777. The molecule has 0 radical (unpaired) electrons. The number of carbonyl (C=O) groups is 1. The van der Waals surface area contributed by atoms with Crippen LogP contribution in [0.4, 0.5) is 5.69 Å². The average Bonchev–Trinajstić information content (AvgIpc) is 3.09. The molecule has 3 rings (SSSR count). The largest absolute Gasteiger partial charge is 0.495 e. The molecule has 0 unspecified atom stereocenters. The third kappa shape index (κ3) is 4.31. The van der Waals surface area contributed by atoms with Gasteiger partial charge in [-0.15, -0.1) is 0 Å². The first-order chi connectivity index (χ1) is 13.6. The fourth-order valence-electron chi connectivity index (χ4n) is 3.76. The van der Waals surface area contributed by atoms with Gasteiger partial charge in [0.2, 0.25) is 15.9 Å². The number of aryl methyl sites for hydroxylation is 3. The van der Waals surface area contributed by atoms with Crippen LogP contribution in [0.2, 0.25) is 0 Å². The lowest BCUT2D eigenvalue weighted by Gasteiger charge is -2.21. The van der Waals surface area contributed by atoms with Crippen molar-refractivity contribution in [3.8, 4) is 5.75 Å². The number of nitrogens with zero attached hydrogens (tertiary/aromatic N) is 1. The lowest BCUT2D eigenvalue weighted by molar-refractivity contribution is -0.117. The highest BCUT2D eigenvalue weighted by Crippen LogP contribution is 2.34. The minimum absolute atomic E-state index is 0.0232. The number of anilines is 1. The highest BCUT2D eigenvalue weighted by Gasteiger charge is 2.27. The number of nitrogens with one attached hydrogen (secondary N) is 1. The van der Waals surface area contributed by atoms with Crippen molar-refractivity contribution in [1.29, 1.82) is 0 Å². The van der Waals surface area contributed by atoms with Gasteiger partial charge in [-0.2, -0.15) is 0 Å². The Morgan fingerprint density at radius 2 is 1.76 bits per heavy atom. The first kappa shape index (κ1) is 21.3. The molecular formula is C22H28N2O4S. The lowest BCUT2D eigenvalue weighted by atomic mass is 9.97. The standard InChI is InChI=1S/C22H28N2O4S/c1-14-11-16(3)19(12-15(14)2)17(4)23-29(26,27)18-8-9-21(28-5)20(13-18)24-10-6-7-22(24)25/h8-9,11-13,17,23H,6-7,10H2,1-5H3/t17-/m0/s1. The van der Waals surface area contributed by atoms with Crippen molar-refractivity contribution >= 4 is 21.6 Å². The summed E-state index contributed by atoms with van der Waals surface area (Å²) in [6, 6.07) is 8.33. The molecule has 1 aliphatic heterocycles. The van der Waals surface area contributed by atoms with Gasteiger partial charge in [0.15, 0.2) is 0 Å². The number of sulfonamides is 1. The van der Waals surface area contributed by atoms with E-state index in [1.54, 1.807) is 11.0 Å². The molecule has 1 N–H and O–H groups in total. The van der Waals surface area contributed by atoms with Crippen molar-refractivity contribution < 1.29 is 17.9 Å². The summed E-state index contributed by atoms with van der Waals surface area (Å²) in [7, 11) is -2.28. The number of methoxy groups -OCH3 is 1. The van der Waals surface area contributed by atoms with Crippen molar-refractivity contribution in [2.45, 2.75) is 51.5 Å². The molecule has 1 atom stereocenters. The molecule has 0 saturated carbocycles. The Bertz CT molecular complexity index is 1050. The van der Waals surface area contributed by atoms with Gasteiger partial charge in [-0.05, 0) is 74.6 Å². The predicted octanol–water partition coefficient (Wildman–Crippen LogP) is 3.79. The zero-order chi connectivity index (χ0) is 21.3. The smallest absolute Gasteiger partial charge is 0.241 e. The Kier molecular flexibility index (Phi) is 6.00. The second-order valence-corrected chi connectivity index (χ2v) is 9.33. The number of benzene rings is 2. The van der Waals surface area contributed by atoms with Gasteiger partial charge in [0.25, 0.3) is 0 Å². The van der Waals surface area contributed by atoms with E-state index in [1.807, 2.05) is 33.8 Å². The van der Waals surface area contributed by atoms with Gasteiger partial charge >= 0.3 is 0 Å². The van der Waals surface area contributed by atoms with Crippen LogP contribution in [0.3, 0.4) is 0 Å². The van der Waals surface area contributed by atoms with E-state index in [9.17, 15) is 13.2 Å². The molecule has 2 aromatic rings. The van der Waals surface area contributed by atoms with Crippen molar-refractivity contribution in [3.63, 3.8) is 0 Å². The van der Waals surface area contributed by atoms with E-state index in [1.165, 1.54) is 24.8 Å². The van der Waals surface area contributed by atoms with Crippen LogP contribution in [-0.4, -0.2) is 28.0 Å². The molecule has 2 aromatic carbocycles. The van der Waals surface area contributed by atoms with E-state index in [0.29, 0.717) is 24.4 Å². The van der Waals surface area contributed by atoms with Crippen molar-refractivity contribution in [2.75, 3.05) is 18.6 Å². The highest BCUT2D eigenvalue weighted by atomic mass is 32.2. The minimum atomic E-state index is -3.79. The Labute approximate surface area is 172 Å². The number of hydrogen-bond donors (Lipinski definition) is 1. The summed E-state index contributed by atoms with van der Waals surface area (Å²) in [5.74, 6) is 0.460. The Hall–Kier alpha value is -2.38. The van der Waals surface area contributed by atoms with Crippen molar-refractivity contribution in [3.05, 3.63) is 52.6 Å². The SMILES string of the molecule is COc1ccc(S(=O)(=O)N[C@@H](C)c2cc(C)c(C)cc2C)cc1N1CCCC1=O. The van der Waals surface area contributed by atoms with E-state index < -0.39 is 16.1 Å². The van der Waals surface area contributed by atoms with Crippen molar-refractivity contribution in [1.82, 2.24) is 4.72 Å². The molecule has 29 heavy (non-hydrogen) atoms. The van der Waals surface area contributed by atoms with Gasteiger partial charge in [-0.1, -0.05) is 12.1 Å². The van der Waals surface area contributed by atoms with E-state index in [2.05, 4.69) is 10.8 Å². The van der Waals surface area contributed by atoms with E-state index in [0.717, 1.165) is 23.1 Å². The summed E-state index contributed by atoms with van der Waals surface area (Å²) in [6.45, 7) is 8.44. The van der Waals surface area contributed by atoms with Crippen LogP contribution in [0.1, 0.15) is 48.1 Å². The second-order valence-electron chi connectivity index (χ2n) is 7.62.